The van der Waals surface area contributed by atoms with E-state index in [1.165, 1.54) is 13.0 Å². The first-order valence-electron chi connectivity index (χ1n) is 5.73. The van der Waals surface area contributed by atoms with Crippen LogP contribution in [-0.2, 0) is 10.0 Å². The summed E-state index contributed by atoms with van der Waals surface area (Å²) in [6.07, 6.45) is 0. The highest BCUT2D eigenvalue weighted by Gasteiger charge is 2.21. The Kier molecular flexibility index (Phi) is 4.34. The molecule has 0 amide bonds. The van der Waals surface area contributed by atoms with Gasteiger partial charge in [-0.2, -0.15) is 0 Å². The summed E-state index contributed by atoms with van der Waals surface area (Å²) in [5.41, 5.74) is 5.96. The molecule has 0 bridgehead atoms. The molecule has 0 radical (unpaired) electrons. The van der Waals surface area contributed by atoms with E-state index in [0.29, 0.717) is 0 Å². The van der Waals surface area contributed by atoms with Gasteiger partial charge in [-0.25, -0.2) is 17.5 Å². The van der Waals surface area contributed by atoms with E-state index in [0.717, 1.165) is 6.07 Å². The molecule has 0 aliphatic rings. The minimum absolute atomic E-state index is 0.132. The predicted octanol–water partition coefficient (Wildman–Crippen LogP) is 2.04. The Labute approximate surface area is 107 Å². The highest BCUT2D eigenvalue weighted by molar-refractivity contribution is 7.89. The summed E-state index contributed by atoms with van der Waals surface area (Å²) in [6.45, 7) is 7.07. The van der Waals surface area contributed by atoms with Crippen molar-refractivity contribution in [3.05, 3.63) is 23.5 Å². The van der Waals surface area contributed by atoms with Gasteiger partial charge >= 0.3 is 0 Å². The SMILES string of the molecule is Cc1c(N)cc(S(=O)(=O)NC(C)C(C)C)cc1F. The monoisotopic (exact) mass is 274 g/mol. The maximum Gasteiger partial charge on any atom is 0.240 e. The summed E-state index contributed by atoms with van der Waals surface area (Å²) in [7, 11) is -3.74. The molecular weight excluding hydrogens is 255 g/mol. The van der Waals surface area contributed by atoms with E-state index in [2.05, 4.69) is 4.72 Å². The number of nitrogens with two attached hydrogens (primary N) is 1. The zero-order chi connectivity index (χ0) is 14.1. The van der Waals surface area contributed by atoms with Gasteiger partial charge in [0.15, 0.2) is 0 Å². The third kappa shape index (κ3) is 3.20. The van der Waals surface area contributed by atoms with Crippen molar-refractivity contribution in [2.24, 2.45) is 5.92 Å². The molecule has 18 heavy (non-hydrogen) atoms. The van der Waals surface area contributed by atoms with Crippen molar-refractivity contribution in [1.29, 1.82) is 0 Å². The van der Waals surface area contributed by atoms with Gasteiger partial charge in [0.05, 0.1) is 4.90 Å². The maximum absolute atomic E-state index is 13.5. The molecule has 0 saturated heterocycles. The highest BCUT2D eigenvalue weighted by atomic mass is 32.2. The summed E-state index contributed by atoms with van der Waals surface area (Å²) in [5.74, 6) is -0.472. The summed E-state index contributed by atoms with van der Waals surface area (Å²) < 4.78 is 40.0. The second kappa shape index (κ2) is 5.24. The Morgan fingerprint density at radius 1 is 1.28 bits per heavy atom. The normalized spacial score (nSPS) is 13.9. The smallest absolute Gasteiger partial charge is 0.240 e. The van der Waals surface area contributed by atoms with Crippen LogP contribution in [0.5, 0.6) is 0 Å². The standard InChI is InChI=1S/C12H19FN2O2S/c1-7(2)9(4)15-18(16,17)10-5-11(13)8(3)12(14)6-10/h5-7,9,15H,14H2,1-4H3. The van der Waals surface area contributed by atoms with E-state index in [1.807, 2.05) is 13.8 Å². The van der Waals surface area contributed by atoms with Crippen LogP contribution in [0.4, 0.5) is 10.1 Å². The van der Waals surface area contributed by atoms with Crippen molar-refractivity contribution < 1.29 is 12.8 Å². The molecule has 1 unspecified atom stereocenters. The Hall–Kier alpha value is -1.14. The van der Waals surface area contributed by atoms with Gasteiger partial charge in [-0.15, -0.1) is 0 Å². The highest BCUT2D eigenvalue weighted by Crippen LogP contribution is 2.21. The fourth-order valence-corrected chi connectivity index (χ4v) is 2.72. The van der Waals surface area contributed by atoms with Crippen LogP contribution < -0.4 is 10.5 Å². The molecule has 4 nitrogen and oxygen atoms in total. The van der Waals surface area contributed by atoms with Gasteiger partial charge in [0.1, 0.15) is 5.82 Å². The summed E-state index contributed by atoms with van der Waals surface area (Å²) >= 11 is 0. The number of halogens is 1. The second-order valence-electron chi connectivity index (χ2n) is 4.77. The van der Waals surface area contributed by atoms with Gasteiger partial charge in [0.2, 0.25) is 10.0 Å². The molecule has 6 heteroatoms. The van der Waals surface area contributed by atoms with Crippen LogP contribution in [0, 0.1) is 18.7 Å². The number of rotatable bonds is 4. The quantitative estimate of drug-likeness (QED) is 0.825. The zero-order valence-corrected chi connectivity index (χ0v) is 11.8. The summed E-state index contributed by atoms with van der Waals surface area (Å²) in [4.78, 5) is -0.143. The first-order valence-corrected chi connectivity index (χ1v) is 7.21. The van der Waals surface area contributed by atoms with Crippen molar-refractivity contribution in [3.8, 4) is 0 Å². The fourth-order valence-electron chi connectivity index (χ4n) is 1.28. The molecule has 0 heterocycles. The molecule has 1 aromatic carbocycles. The van der Waals surface area contributed by atoms with E-state index in [-0.39, 0.29) is 28.1 Å². The number of sulfonamides is 1. The predicted molar refractivity (Wildman–Crippen MR) is 70.2 cm³/mol. The van der Waals surface area contributed by atoms with Gasteiger partial charge in [-0.05, 0) is 31.9 Å². The lowest BCUT2D eigenvalue weighted by Crippen LogP contribution is -2.36. The third-order valence-electron chi connectivity index (χ3n) is 3.01. The molecule has 1 aromatic rings. The summed E-state index contributed by atoms with van der Waals surface area (Å²) in [6, 6.07) is 2.02. The van der Waals surface area contributed by atoms with E-state index >= 15 is 0 Å². The molecule has 0 fully saturated rings. The van der Waals surface area contributed by atoms with Crippen LogP contribution in [0.2, 0.25) is 0 Å². The van der Waals surface area contributed by atoms with Crippen LogP contribution >= 0.6 is 0 Å². The minimum atomic E-state index is -3.74. The van der Waals surface area contributed by atoms with Gasteiger partial charge in [-0.1, -0.05) is 13.8 Å². The van der Waals surface area contributed by atoms with Crippen LogP contribution in [-0.4, -0.2) is 14.5 Å². The van der Waals surface area contributed by atoms with Crippen molar-refractivity contribution >= 4 is 15.7 Å². The molecular formula is C12H19FN2O2S. The lowest BCUT2D eigenvalue weighted by molar-refractivity contribution is 0.476. The fraction of sp³-hybridized carbons (Fsp3) is 0.500. The first-order chi connectivity index (χ1) is 8.15. The lowest BCUT2D eigenvalue weighted by Gasteiger charge is -2.18. The average Bonchev–Trinajstić information content (AvgIpc) is 2.24. The lowest BCUT2D eigenvalue weighted by atomic mass is 10.1. The van der Waals surface area contributed by atoms with Gasteiger partial charge in [0.25, 0.3) is 0 Å². The number of anilines is 1. The molecule has 0 spiro atoms. The largest absolute Gasteiger partial charge is 0.398 e. The number of nitrogen functional groups attached to an aromatic ring is 1. The molecule has 0 aliphatic heterocycles. The minimum Gasteiger partial charge on any atom is -0.398 e. The number of nitrogens with one attached hydrogen (secondary N) is 1. The van der Waals surface area contributed by atoms with E-state index in [9.17, 15) is 12.8 Å². The number of benzene rings is 1. The Morgan fingerprint density at radius 3 is 2.28 bits per heavy atom. The van der Waals surface area contributed by atoms with Gasteiger partial charge in [0, 0.05) is 17.3 Å². The Morgan fingerprint density at radius 2 is 1.83 bits per heavy atom. The maximum atomic E-state index is 13.5. The molecule has 102 valence electrons. The van der Waals surface area contributed by atoms with Crippen LogP contribution in [0.1, 0.15) is 26.3 Å². The van der Waals surface area contributed by atoms with Crippen LogP contribution in [0.15, 0.2) is 17.0 Å². The molecule has 1 rings (SSSR count). The molecule has 0 aromatic heterocycles. The van der Waals surface area contributed by atoms with E-state index in [1.54, 1.807) is 6.92 Å². The Balaban J connectivity index is 3.14. The summed E-state index contributed by atoms with van der Waals surface area (Å²) in [5, 5.41) is 0. The Bertz CT molecular complexity index is 518. The van der Waals surface area contributed by atoms with E-state index < -0.39 is 15.8 Å². The topological polar surface area (TPSA) is 72.2 Å². The third-order valence-corrected chi connectivity index (χ3v) is 4.55. The van der Waals surface area contributed by atoms with Crippen LogP contribution in [0.3, 0.4) is 0 Å². The second-order valence-corrected chi connectivity index (χ2v) is 6.49. The van der Waals surface area contributed by atoms with E-state index in [4.69, 9.17) is 5.73 Å². The van der Waals surface area contributed by atoms with Gasteiger partial charge < -0.3 is 5.73 Å². The van der Waals surface area contributed by atoms with Crippen molar-refractivity contribution in [2.75, 3.05) is 5.73 Å². The van der Waals surface area contributed by atoms with Gasteiger partial charge in [-0.3, -0.25) is 0 Å². The van der Waals surface area contributed by atoms with Crippen molar-refractivity contribution in [2.45, 2.75) is 38.6 Å². The van der Waals surface area contributed by atoms with Crippen LogP contribution in [0.25, 0.3) is 0 Å². The van der Waals surface area contributed by atoms with Crippen molar-refractivity contribution in [1.82, 2.24) is 4.72 Å². The number of hydrogen-bond donors (Lipinski definition) is 2. The molecule has 0 saturated carbocycles. The molecule has 1 atom stereocenters. The number of hydrogen-bond acceptors (Lipinski definition) is 3. The molecule has 0 aliphatic carbocycles. The zero-order valence-electron chi connectivity index (χ0n) is 11.0. The molecule has 3 N–H and O–H groups in total. The first kappa shape index (κ1) is 14.9. The van der Waals surface area contributed by atoms with Crippen molar-refractivity contribution in [3.63, 3.8) is 0 Å². The average molecular weight is 274 g/mol.